The topological polar surface area (TPSA) is 226 Å². The minimum absolute atomic E-state index is 0.0178. The third-order valence-corrected chi connectivity index (χ3v) is 17.5. The second-order valence-electron chi connectivity index (χ2n) is 17.0. The van der Waals surface area contributed by atoms with Crippen LogP contribution < -0.4 is 18.9 Å². The fraction of sp³-hybridized carbons (Fsp3) is 0.548. The Morgan fingerprint density at radius 3 is 1.58 bits per heavy atom. The molecule has 0 spiro atoms. The van der Waals surface area contributed by atoms with Crippen LogP contribution in [0.4, 0.5) is 0 Å². The van der Waals surface area contributed by atoms with Gasteiger partial charge in [0, 0.05) is 56.6 Å². The first-order valence-electron chi connectivity index (χ1n) is 21.1. The number of Topliss-reactive ketones (excluding diaryl/α,β-unsaturated/α-hetero) is 1. The minimum Gasteiger partial charge on any atom is -0.474 e. The molecule has 5 unspecified atom stereocenters. The van der Waals surface area contributed by atoms with Crippen LogP contribution in [0.2, 0.25) is 0 Å². The van der Waals surface area contributed by atoms with E-state index in [1.807, 2.05) is 39.8 Å². The van der Waals surface area contributed by atoms with Crippen molar-refractivity contribution < 1.29 is 45.7 Å². The number of aliphatic hydroxyl groups is 1. The molecule has 4 bridgehead atoms. The molecule has 0 radical (unpaired) electrons. The highest BCUT2D eigenvalue weighted by molar-refractivity contribution is 7.90. The van der Waals surface area contributed by atoms with Crippen molar-refractivity contribution in [3.8, 4) is 35.0 Å². The first-order chi connectivity index (χ1) is 29.7. The maximum absolute atomic E-state index is 12.9. The van der Waals surface area contributed by atoms with Gasteiger partial charge in [-0.3, -0.25) is 14.8 Å². The number of carbonyl (C=O) groups is 1. The van der Waals surface area contributed by atoms with Gasteiger partial charge >= 0.3 is 0 Å². The first kappa shape index (κ1) is 42.4. The van der Waals surface area contributed by atoms with Gasteiger partial charge in [0.15, 0.2) is 17.3 Å². The summed E-state index contributed by atoms with van der Waals surface area (Å²) in [4.78, 5) is 37.9. The Morgan fingerprint density at radius 1 is 0.613 bits per heavy atom. The molecule has 20 heteroatoms. The smallest absolute Gasteiger partial charge is 0.229 e. The Bertz CT molecular complexity index is 2580. The summed E-state index contributed by atoms with van der Waals surface area (Å²) in [7, 11) is -6.74. The summed E-state index contributed by atoms with van der Waals surface area (Å²) in [5.41, 5.74) is 2.78. The van der Waals surface area contributed by atoms with Crippen molar-refractivity contribution in [3.63, 3.8) is 0 Å². The van der Waals surface area contributed by atoms with Crippen LogP contribution in [0, 0.1) is 27.7 Å². The van der Waals surface area contributed by atoms with E-state index < -0.39 is 38.2 Å². The van der Waals surface area contributed by atoms with Gasteiger partial charge in [0.1, 0.15) is 24.9 Å². The third-order valence-electron chi connectivity index (χ3n) is 12.5. The van der Waals surface area contributed by atoms with Crippen molar-refractivity contribution in [2.75, 3.05) is 0 Å². The maximum Gasteiger partial charge on any atom is 0.229 e. The van der Waals surface area contributed by atoms with Crippen molar-refractivity contribution in [3.05, 3.63) is 71.8 Å². The number of aromatic nitrogens is 6. The van der Waals surface area contributed by atoms with Gasteiger partial charge < -0.3 is 24.1 Å². The number of rotatable bonds is 12. The summed E-state index contributed by atoms with van der Waals surface area (Å²) in [5.74, 6) is 2.72. The Morgan fingerprint density at radius 2 is 1.10 bits per heavy atom. The summed E-state index contributed by atoms with van der Waals surface area (Å²) < 4.78 is 78.5. The van der Waals surface area contributed by atoms with E-state index in [4.69, 9.17) is 18.9 Å². The van der Waals surface area contributed by atoms with Crippen LogP contribution >= 0.6 is 0 Å². The van der Waals surface area contributed by atoms with Crippen molar-refractivity contribution >= 4 is 25.8 Å². The Kier molecular flexibility index (Phi) is 11.4. The number of ketones is 1. The number of fused-ring (bicyclic) bond motifs is 4. The zero-order valence-corrected chi connectivity index (χ0v) is 36.5. The van der Waals surface area contributed by atoms with Gasteiger partial charge in [-0.1, -0.05) is 0 Å². The molecule has 0 aromatic carbocycles. The van der Waals surface area contributed by atoms with E-state index in [9.17, 15) is 26.7 Å². The molecular weight excluding hydrogens is 841 g/mol. The molecule has 2 aliphatic carbocycles. The monoisotopic (exact) mass is 890 g/mol. The van der Waals surface area contributed by atoms with E-state index in [-0.39, 0.29) is 47.0 Å². The molecule has 62 heavy (non-hydrogen) atoms. The van der Waals surface area contributed by atoms with E-state index >= 15 is 0 Å². The fourth-order valence-electron chi connectivity index (χ4n) is 9.05. The molecule has 6 aliphatic rings. The molecule has 7 atom stereocenters. The van der Waals surface area contributed by atoms with Crippen LogP contribution in [-0.4, -0.2) is 119 Å². The van der Waals surface area contributed by atoms with Gasteiger partial charge in [-0.15, -0.1) is 0 Å². The van der Waals surface area contributed by atoms with E-state index in [0.717, 1.165) is 11.4 Å². The molecule has 8 heterocycles. The van der Waals surface area contributed by atoms with Crippen LogP contribution in [0.1, 0.15) is 86.7 Å². The highest BCUT2D eigenvalue weighted by Gasteiger charge is 2.57. The number of hydrogen-bond donors (Lipinski definition) is 1. The normalized spacial score (nSPS) is 27.3. The molecule has 4 saturated heterocycles. The number of nitrogens with zero attached hydrogens (tertiary/aromatic N) is 8. The first-order valence-corrected chi connectivity index (χ1v) is 24.1. The average Bonchev–Trinajstić information content (AvgIpc) is 4.16. The second kappa shape index (κ2) is 16.7. The standard InChI is InChI=1S/C21H26N4O5S.C21H24N4O5S/c2*1-12-20(23-11-24-21(12)30-19-4-3-7-22-13(19)2)29-15-8-14-9-18(26)17(10-15)25(14)31(27,28)16-5-6-16/h3-4,7,11,14-18,26H,5-6,8-10H2,1-2H3;3-4,7,11,14-17H,5-6,8-10H2,1-2H3/t14?,15-,17?,18?;14?,15-,17?/m00/s1. The Labute approximate surface area is 360 Å². The predicted octanol–water partition coefficient (Wildman–Crippen LogP) is 4.44. The van der Waals surface area contributed by atoms with Crippen LogP contribution in [0.15, 0.2) is 49.3 Å². The summed E-state index contributed by atoms with van der Waals surface area (Å²) in [5, 5.41) is 9.90. The van der Waals surface area contributed by atoms with Crippen molar-refractivity contribution in [2.24, 2.45) is 0 Å². The van der Waals surface area contributed by atoms with Crippen molar-refractivity contribution in [2.45, 2.75) is 145 Å². The Balaban J connectivity index is 0.000000158. The highest BCUT2D eigenvalue weighted by atomic mass is 32.2. The van der Waals surface area contributed by atoms with Crippen molar-refractivity contribution in [1.82, 2.24) is 38.5 Å². The molecule has 4 aromatic heterocycles. The van der Waals surface area contributed by atoms with E-state index in [1.54, 1.807) is 28.8 Å². The lowest BCUT2D eigenvalue weighted by Crippen LogP contribution is -2.51. The minimum atomic E-state index is -3.40. The number of ether oxygens (including phenoxy) is 4. The van der Waals surface area contributed by atoms with Gasteiger partial charge in [0.05, 0.1) is 51.2 Å². The van der Waals surface area contributed by atoms with Crippen LogP contribution in [0.5, 0.6) is 35.0 Å². The number of hydrogen-bond acceptors (Lipinski definition) is 16. The molecule has 2 saturated carbocycles. The highest BCUT2D eigenvalue weighted by Crippen LogP contribution is 2.45. The van der Waals surface area contributed by atoms with Crippen LogP contribution in [0.25, 0.3) is 0 Å². The van der Waals surface area contributed by atoms with Gasteiger partial charge in [0.2, 0.25) is 43.6 Å². The molecule has 4 aromatic rings. The number of aryl methyl sites for hydroxylation is 2. The van der Waals surface area contributed by atoms with Gasteiger partial charge in [-0.05, 0) is 84.1 Å². The van der Waals surface area contributed by atoms with E-state index in [0.29, 0.717) is 104 Å². The van der Waals surface area contributed by atoms with Crippen LogP contribution in [0.3, 0.4) is 0 Å². The third kappa shape index (κ3) is 8.34. The lowest BCUT2D eigenvalue weighted by atomic mass is 10.0. The molecule has 4 aliphatic heterocycles. The summed E-state index contributed by atoms with van der Waals surface area (Å²) >= 11 is 0. The number of piperidine rings is 2. The fourth-order valence-corrected chi connectivity index (χ4v) is 13.5. The zero-order valence-electron chi connectivity index (χ0n) is 34.9. The molecule has 0 amide bonds. The molecule has 6 fully saturated rings. The van der Waals surface area contributed by atoms with Gasteiger partial charge in [-0.25, -0.2) is 36.8 Å². The lowest BCUT2D eigenvalue weighted by Gasteiger charge is -2.38. The quantitative estimate of drug-likeness (QED) is 0.207. The maximum atomic E-state index is 12.9. The van der Waals surface area contributed by atoms with E-state index in [2.05, 4.69) is 29.9 Å². The van der Waals surface area contributed by atoms with Crippen LogP contribution in [-0.2, 0) is 24.8 Å². The molecule has 330 valence electrons. The number of pyridine rings is 2. The summed E-state index contributed by atoms with van der Waals surface area (Å²) in [6, 6.07) is 5.56. The van der Waals surface area contributed by atoms with Crippen molar-refractivity contribution in [1.29, 1.82) is 0 Å². The second-order valence-corrected chi connectivity index (χ2v) is 21.3. The Hall–Kier alpha value is -4.89. The van der Waals surface area contributed by atoms with Gasteiger partial charge in [-0.2, -0.15) is 8.61 Å². The average molecular weight is 891 g/mol. The molecular formula is C42H50N8O10S2. The van der Waals surface area contributed by atoms with E-state index in [1.165, 1.54) is 17.0 Å². The number of aliphatic hydroxyl groups excluding tert-OH is 1. The largest absolute Gasteiger partial charge is 0.474 e. The summed E-state index contributed by atoms with van der Waals surface area (Å²) in [6.07, 6.45) is 10.2. The molecule has 10 rings (SSSR count). The number of carbonyl (C=O) groups excluding carboxylic acids is 1. The lowest BCUT2D eigenvalue weighted by molar-refractivity contribution is -0.119. The zero-order chi connectivity index (χ0) is 43.5. The molecule has 18 nitrogen and oxygen atoms in total. The predicted molar refractivity (Wildman–Crippen MR) is 222 cm³/mol. The van der Waals surface area contributed by atoms with Gasteiger partial charge in [0.25, 0.3) is 0 Å². The number of sulfonamides is 2. The SMILES string of the molecule is Cc1ncccc1Oc1ncnc(O[C@H]2CC3CC(=O)C(C2)N3S(=O)(=O)C2CC2)c1C.Cc1ncccc1Oc1ncnc(O[C@H]2CC3CC(O)C(C2)N3S(=O)(=O)C2CC2)c1C. The summed E-state index contributed by atoms with van der Waals surface area (Å²) in [6.45, 7) is 7.34. The molecule has 1 N–H and O–H groups in total.